The van der Waals surface area contributed by atoms with Crippen LogP contribution in [0.25, 0.3) is 11.0 Å². The number of fused-ring (bicyclic) bond motifs is 1. The standard InChI is InChI=1S/C20H21FN4O2.2ClH.H2O/c21-16-3-4-17-18(12-16)27-24-19(17)14-5-9-25(10-6-14)11-8-23-20(26)15-2-1-7-22-13-15;;;/h1-4,7,12-14H,5-6,8-11H2,(H,23,26);2*1H;1H2. The van der Waals surface area contributed by atoms with Crippen molar-refractivity contribution >= 4 is 41.7 Å². The molecule has 10 heteroatoms. The molecule has 3 heterocycles. The van der Waals surface area contributed by atoms with Crippen LogP contribution in [0.1, 0.15) is 34.8 Å². The Bertz CT molecular complexity index is 934. The lowest BCUT2D eigenvalue weighted by molar-refractivity contribution is 0.0945. The second-order valence-electron chi connectivity index (χ2n) is 6.82. The monoisotopic (exact) mass is 458 g/mol. The number of halogens is 3. The third-order valence-electron chi connectivity index (χ3n) is 5.07. The fourth-order valence-corrected chi connectivity index (χ4v) is 3.58. The molecular weight excluding hydrogens is 434 g/mol. The van der Waals surface area contributed by atoms with Crippen molar-refractivity contribution in [1.82, 2.24) is 20.4 Å². The number of amides is 1. The predicted octanol–water partition coefficient (Wildman–Crippen LogP) is 2.99. The van der Waals surface area contributed by atoms with Crippen LogP contribution in [0.4, 0.5) is 4.39 Å². The van der Waals surface area contributed by atoms with Gasteiger partial charge >= 0.3 is 0 Å². The van der Waals surface area contributed by atoms with E-state index in [-0.39, 0.29) is 42.0 Å². The molecule has 0 spiro atoms. The molecular formula is C20H25Cl2FN4O3. The third-order valence-corrected chi connectivity index (χ3v) is 5.07. The van der Waals surface area contributed by atoms with E-state index in [2.05, 4.69) is 20.4 Å². The van der Waals surface area contributed by atoms with E-state index in [9.17, 15) is 9.18 Å². The molecule has 0 aliphatic carbocycles. The van der Waals surface area contributed by atoms with Crippen LogP contribution in [0.2, 0.25) is 0 Å². The molecule has 1 saturated heterocycles. The minimum Gasteiger partial charge on any atom is -0.412 e. The van der Waals surface area contributed by atoms with E-state index in [4.69, 9.17) is 4.52 Å². The van der Waals surface area contributed by atoms with Gasteiger partial charge < -0.3 is 20.2 Å². The number of hydrogen-bond donors (Lipinski definition) is 1. The maximum absolute atomic E-state index is 13.3. The summed E-state index contributed by atoms with van der Waals surface area (Å²) in [7, 11) is 0. The largest absolute Gasteiger partial charge is 0.412 e. The van der Waals surface area contributed by atoms with Crippen molar-refractivity contribution in [2.45, 2.75) is 18.8 Å². The van der Waals surface area contributed by atoms with E-state index >= 15 is 0 Å². The molecule has 1 amide bonds. The van der Waals surface area contributed by atoms with Crippen LogP contribution in [0.15, 0.2) is 47.2 Å². The molecule has 0 unspecified atom stereocenters. The van der Waals surface area contributed by atoms with Gasteiger partial charge in [0.1, 0.15) is 5.82 Å². The van der Waals surface area contributed by atoms with Crippen LogP contribution in [0.3, 0.4) is 0 Å². The van der Waals surface area contributed by atoms with Crippen LogP contribution in [-0.2, 0) is 0 Å². The van der Waals surface area contributed by atoms with Crippen molar-refractivity contribution < 1.29 is 19.2 Å². The molecule has 1 aliphatic heterocycles. The van der Waals surface area contributed by atoms with E-state index in [1.54, 1.807) is 30.6 Å². The first kappa shape index (κ1) is 25.8. The van der Waals surface area contributed by atoms with Gasteiger partial charge in [0.25, 0.3) is 5.91 Å². The Hall–Kier alpha value is -2.26. The van der Waals surface area contributed by atoms with E-state index in [0.717, 1.165) is 43.6 Å². The fourth-order valence-electron chi connectivity index (χ4n) is 3.58. The lowest BCUT2D eigenvalue weighted by atomic mass is 9.91. The van der Waals surface area contributed by atoms with Crippen LogP contribution in [0, 0.1) is 5.82 Å². The summed E-state index contributed by atoms with van der Waals surface area (Å²) < 4.78 is 18.6. The average molecular weight is 459 g/mol. The number of benzene rings is 1. The Kier molecular flexibility index (Phi) is 10.1. The SMILES string of the molecule is Cl.Cl.O.O=C(NCCN1CCC(c2noc3cc(F)ccc23)CC1)c1cccnc1. The van der Waals surface area contributed by atoms with Crippen molar-refractivity contribution in [2.24, 2.45) is 0 Å². The number of nitrogens with zero attached hydrogens (tertiary/aromatic N) is 3. The van der Waals surface area contributed by atoms with Crippen molar-refractivity contribution in [3.63, 3.8) is 0 Å². The number of nitrogens with one attached hydrogen (secondary N) is 1. The van der Waals surface area contributed by atoms with Crippen molar-refractivity contribution in [1.29, 1.82) is 0 Å². The van der Waals surface area contributed by atoms with Crippen LogP contribution >= 0.6 is 24.8 Å². The van der Waals surface area contributed by atoms with Gasteiger partial charge in [0.05, 0.1) is 11.3 Å². The summed E-state index contributed by atoms with van der Waals surface area (Å²) >= 11 is 0. The van der Waals surface area contributed by atoms with Gasteiger partial charge in [-0.25, -0.2) is 4.39 Å². The molecule has 3 aromatic rings. The summed E-state index contributed by atoms with van der Waals surface area (Å²) in [6.07, 6.45) is 5.15. The van der Waals surface area contributed by atoms with Crippen LogP contribution < -0.4 is 5.32 Å². The predicted molar refractivity (Wildman–Crippen MR) is 117 cm³/mol. The Balaban J connectivity index is 0.00000150. The molecule has 3 N–H and O–H groups in total. The first-order valence-corrected chi connectivity index (χ1v) is 9.16. The average Bonchev–Trinajstić information content (AvgIpc) is 3.12. The van der Waals surface area contributed by atoms with Crippen molar-refractivity contribution in [3.05, 3.63) is 59.8 Å². The van der Waals surface area contributed by atoms with E-state index in [1.165, 1.54) is 12.1 Å². The van der Waals surface area contributed by atoms with Crippen molar-refractivity contribution in [3.8, 4) is 0 Å². The van der Waals surface area contributed by atoms with Gasteiger partial charge in [0, 0.05) is 42.9 Å². The fraction of sp³-hybridized carbons (Fsp3) is 0.350. The zero-order valence-electron chi connectivity index (χ0n) is 16.2. The number of carbonyl (C=O) groups is 1. The second kappa shape index (κ2) is 11.8. The van der Waals surface area contributed by atoms with Crippen LogP contribution in [-0.4, -0.2) is 52.6 Å². The molecule has 7 nitrogen and oxygen atoms in total. The van der Waals surface area contributed by atoms with Crippen LogP contribution in [0.5, 0.6) is 0 Å². The molecule has 0 saturated carbocycles. The van der Waals surface area contributed by atoms with Gasteiger partial charge in [0.2, 0.25) is 0 Å². The quantitative estimate of drug-likeness (QED) is 0.632. The first-order chi connectivity index (χ1) is 13.2. The lowest BCUT2D eigenvalue weighted by Gasteiger charge is -2.31. The molecule has 2 aromatic heterocycles. The highest BCUT2D eigenvalue weighted by atomic mass is 35.5. The third kappa shape index (κ3) is 5.89. The number of pyridine rings is 1. The maximum atomic E-state index is 13.3. The number of rotatable bonds is 5. The number of hydrogen-bond acceptors (Lipinski definition) is 5. The molecule has 1 aromatic carbocycles. The highest BCUT2D eigenvalue weighted by Gasteiger charge is 2.25. The lowest BCUT2D eigenvalue weighted by Crippen LogP contribution is -2.39. The Morgan fingerprint density at radius 2 is 2.00 bits per heavy atom. The zero-order valence-corrected chi connectivity index (χ0v) is 17.8. The van der Waals surface area contributed by atoms with Gasteiger partial charge in [0.15, 0.2) is 5.58 Å². The van der Waals surface area contributed by atoms with E-state index < -0.39 is 0 Å². The van der Waals surface area contributed by atoms with Gasteiger partial charge in [-0.3, -0.25) is 9.78 Å². The van der Waals surface area contributed by atoms with Gasteiger partial charge in [-0.2, -0.15) is 0 Å². The highest BCUT2D eigenvalue weighted by molar-refractivity contribution is 5.93. The van der Waals surface area contributed by atoms with Gasteiger partial charge in [-0.15, -0.1) is 24.8 Å². The normalized spacial score (nSPS) is 14.3. The molecule has 0 atom stereocenters. The molecule has 4 rings (SSSR count). The smallest absolute Gasteiger partial charge is 0.252 e. The summed E-state index contributed by atoms with van der Waals surface area (Å²) in [5, 5.41) is 8.01. The second-order valence-corrected chi connectivity index (χ2v) is 6.82. The highest BCUT2D eigenvalue weighted by Crippen LogP contribution is 2.32. The van der Waals surface area contributed by atoms with Crippen molar-refractivity contribution in [2.75, 3.05) is 26.2 Å². The minimum absolute atomic E-state index is 0. The van der Waals surface area contributed by atoms with E-state index in [0.29, 0.717) is 23.6 Å². The van der Waals surface area contributed by atoms with Gasteiger partial charge in [-0.1, -0.05) is 5.16 Å². The summed E-state index contributed by atoms with van der Waals surface area (Å²) in [6.45, 7) is 3.28. The van der Waals surface area contributed by atoms with E-state index in [1.807, 2.05) is 0 Å². The number of likely N-dealkylation sites (tertiary alicyclic amines) is 1. The summed E-state index contributed by atoms with van der Waals surface area (Å²) in [5.41, 5.74) is 2.01. The summed E-state index contributed by atoms with van der Waals surface area (Å²) in [4.78, 5) is 18.3. The Morgan fingerprint density at radius 1 is 1.23 bits per heavy atom. The number of carbonyl (C=O) groups excluding carboxylic acids is 1. The summed E-state index contributed by atoms with van der Waals surface area (Å²) in [6, 6.07) is 8.08. The first-order valence-electron chi connectivity index (χ1n) is 9.16. The molecule has 164 valence electrons. The minimum atomic E-state index is -0.312. The number of aromatic nitrogens is 2. The van der Waals surface area contributed by atoms with Gasteiger partial charge in [-0.05, 0) is 50.2 Å². The maximum Gasteiger partial charge on any atom is 0.252 e. The molecule has 0 radical (unpaired) electrons. The Morgan fingerprint density at radius 3 is 2.70 bits per heavy atom. The molecule has 30 heavy (non-hydrogen) atoms. The Labute approximate surface area is 186 Å². The topological polar surface area (TPSA) is 103 Å². The molecule has 1 fully saturated rings. The zero-order chi connectivity index (χ0) is 18.6. The molecule has 1 aliphatic rings. The summed E-state index contributed by atoms with van der Waals surface area (Å²) in [5.74, 6) is -0.0921. The number of piperidine rings is 1. The molecule has 0 bridgehead atoms.